The number of hydrogen-bond acceptors (Lipinski definition) is 6. The van der Waals surface area contributed by atoms with E-state index in [0.29, 0.717) is 15.9 Å². The SMILES string of the molecule is Cc1cc(-c2nc(C(=O)Nc3cn(CC(F)(F)F)nc3C(N)=O)co2)ccn1. The van der Waals surface area contributed by atoms with Gasteiger partial charge in [0.05, 0.1) is 5.69 Å². The highest BCUT2D eigenvalue weighted by Crippen LogP contribution is 2.22. The minimum atomic E-state index is -4.56. The molecule has 0 aliphatic carbocycles. The van der Waals surface area contributed by atoms with Crippen molar-refractivity contribution in [2.75, 3.05) is 5.32 Å². The van der Waals surface area contributed by atoms with E-state index in [1.165, 1.54) is 0 Å². The standard InChI is InChI=1S/C16H13F3N6O3/c1-8-4-9(2-3-21-8)15-23-11(6-28-15)14(27)22-10-5-25(7-16(17,18)19)24-12(10)13(20)26/h2-6H,7H2,1H3,(H2,20,26)(H,22,27). The number of aromatic nitrogens is 4. The normalized spacial score (nSPS) is 11.4. The summed E-state index contributed by atoms with van der Waals surface area (Å²) in [6, 6.07) is 3.33. The number of hydrogen-bond donors (Lipinski definition) is 2. The Hall–Kier alpha value is -3.70. The molecule has 0 spiro atoms. The molecule has 3 aromatic heterocycles. The van der Waals surface area contributed by atoms with Gasteiger partial charge in [0, 0.05) is 23.7 Å². The molecule has 146 valence electrons. The van der Waals surface area contributed by atoms with E-state index in [9.17, 15) is 22.8 Å². The maximum absolute atomic E-state index is 12.5. The molecule has 0 unspecified atom stereocenters. The van der Waals surface area contributed by atoms with Crippen LogP contribution in [0.15, 0.2) is 35.2 Å². The molecule has 3 aromatic rings. The maximum atomic E-state index is 12.5. The molecular formula is C16H13F3N6O3. The van der Waals surface area contributed by atoms with Gasteiger partial charge in [-0.3, -0.25) is 19.3 Å². The summed E-state index contributed by atoms with van der Waals surface area (Å²) >= 11 is 0. The third-order valence-corrected chi connectivity index (χ3v) is 3.46. The van der Waals surface area contributed by atoms with Crippen molar-refractivity contribution in [2.45, 2.75) is 19.6 Å². The Bertz CT molecular complexity index is 1040. The Labute approximate surface area is 155 Å². The Balaban J connectivity index is 1.82. The first-order valence-corrected chi connectivity index (χ1v) is 7.76. The van der Waals surface area contributed by atoms with Crippen molar-refractivity contribution in [3.63, 3.8) is 0 Å². The van der Waals surface area contributed by atoms with Gasteiger partial charge in [-0.05, 0) is 19.1 Å². The van der Waals surface area contributed by atoms with Crippen LogP contribution >= 0.6 is 0 Å². The fraction of sp³-hybridized carbons (Fsp3) is 0.188. The summed E-state index contributed by atoms with van der Waals surface area (Å²) < 4.78 is 43.3. The molecule has 0 aromatic carbocycles. The number of aryl methyl sites for hydroxylation is 1. The summed E-state index contributed by atoms with van der Waals surface area (Å²) in [7, 11) is 0. The fourth-order valence-electron chi connectivity index (χ4n) is 2.34. The number of amides is 2. The van der Waals surface area contributed by atoms with Gasteiger partial charge in [-0.25, -0.2) is 4.98 Å². The van der Waals surface area contributed by atoms with Crippen LogP contribution in [0.3, 0.4) is 0 Å². The van der Waals surface area contributed by atoms with Crippen molar-refractivity contribution in [3.05, 3.63) is 47.9 Å². The molecule has 0 radical (unpaired) electrons. The number of anilines is 1. The van der Waals surface area contributed by atoms with Gasteiger partial charge >= 0.3 is 6.18 Å². The number of rotatable bonds is 5. The molecule has 0 saturated heterocycles. The highest BCUT2D eigenvalue weighted by atomic mass is 19.4. The monoisotopic (exact) mass is 394 g/mol. The lowest BCUT2D eigenvalue weighted by Gasteiger charge is -2.04. The zero-order chi connectivity index (χ0) is 20.5. The number of carbonyl (C=O) groups is 2. The lowest BCUT2D eigenvalue weighted by atomic mass is 10.2. The van der Waals surface area contributed by atoms with E-state index in [2.05, 4.69) is 20.4 Å². The Morgan fingerprint density at radius 2 is 2.11 bits per heavy atom. The minimum absolute atomic E-state index is 0.150. The van der Waals surface area contributed by atoms with Gasteiger partial charge in [-0.1, -0.05) is 0 Å². The smallest absolute Gasteiger partial charge is 0.408 e. The van der Waals surface area contributed by atoms with Crippen molar-refractivity contribution < 1.29 is 27.2 Å². The van der Waals surface area contributed by atoms with Crippen LogP contribution < -0.4 is 11.1 Å². The van der Waals surface area contributed by atoms with E-state index >= 15 is 0 Å². The molecule has 0 bridgehead atoms. The fourth-order valence-corrected chi connectivity index (χ4v) is 2.34. The zero-order valence-electron chi connectivity index (χ0n) is 14.3. The van der Waals surface area contributed by atoms with Crippen molar-refractivity contribution in [1.29, 1.82) is 0 Å². The quantitative estimate of drug-likeness (QED) is 0.682. The number of nitrogens with zero attached hydrogens (tertiary/aromatic N) is 4. The highest BCUT2D eigenvalue weighted by Gasteiger charge is 2.30. The van der Waals surface area contributed by atoms with E-state index in [1.807, 2.05) is 0 Å². The molecule has 0 atom stereocenters. The molecule has 28 heavy (non-hydrogen) atoms. The summed E-state index contributed by atoms with van der Waals surface area (Å²) in [5, 5.41) is 5.73. The highest BCUT2D eigenvalue weighted by molar-refractivity contribution is 6.07. The number of nitrogens with two attached hydrogens (primary N) is 1. The second kappa shape index (κ2) is 7.13. The van der Waals surface area contributed by atoms with Crippen LogP contribution in [0.1, 0.15) is 26.7 Å². The molecule has 0 saturated carbocycles. The number of oxazole rings is 1. The second-order valence-corrected chi connectivity index (χ2v) is 5.75. The number of halogens is 3. The molecule has 0 aliphatic heterocycles. The Kier molecular flexibility index (Phi) is 4.86. The molecule has 3 heterocycles. The predicted octanol–water partition coefficient (Wildman–Crippen LogP) is 2.16. The van der Waals surface area contributed by atoms with E-state index < -0.39 is 30.2 Å². The largest absolute Gasteiger partial charge is 0.444 e. The van der Waals surface area contributed by atoms with E-state index in [-0.39, 0.29) is 17.3 Å². The average Bonchev–Trinajstić information content (AvgIpc) is 3.20. The number of primary amides is 1. The van der Waals surface area contributed by atoms with Gasteiger partial charge in [0.25, 0.3) is 11.8 Å². The molecule has 3 rings (SSSR count). The summed E-state index contributed by atoms with van der Waals surface area (Å²) in [5.74, 6) is -1.75. The van der Waals surface area contributed by atoms with E-state index in [0.717, 1.165) is 12.5 Å². The van der Waals surface area contributed by atoms with Gasteiger partial charge in [0.1, 0.15) is 12.8 Å². The van der Waals surface area contributed by atoms with Crippen molar-refractivity contribution in [1.82, 2.24) is 19.7 Å². The maximum Gasteiger partial charge on any atom is 0.408 e. The summed E-state index contributed by atoms with van der Waals surface area (Å²) in [4.78, 5) is 31.8. The number of pyridine rings is 1. The first-order chi connectivity index (χ1) is 13.1. The van der Waals surface area contributed by atoms with Gasteiger partial charge in [0.2, 0.25) is 5.89 Å². The molecule has 0 aliphatic rings. The van der Waals surface area contributed by atoms with Gasteiger partial charge in [-0.15, -0.1) is 0 Å². The Morgan fingerprint density at radius 1 is 1.36 bits per heavy atom. The molecule has 3 N–H and O–H groups in total. The molecule has 9 nitrogen and oxygen atoms in total. The first-order valence-electron chi connectivity index (χ1n) is 7.76. The summed E-state index contributed by atoms with van der Waals surface area (Å²) in [6.07, 6.45) is -1.09. The van der Waals surface area contributed by atoms with Crippen LogP contribution in [0.4, 0.5) is 18.9 Å². The lowest BCUT2D eigenvalue weighted by molar-refractivity contribution is -0.142. The molecule has 0 fully saturated rings. The van der Waals surface area contributed by atoms with E-state index in [4.69, 9.17) is 10.2 Å². The van der Waals surface area contributed by atoms with Crippen LogP contribution in [-0.4, -0.2) is 37.7 Å². The van der Waals surface area contributed by atoms with Crippen LogP contribution in [0.2, 0.25) is 0 Å². The van der Waals surface area contributed by atoms with Gasteiger partial charge < -0.3 is 15.5 Å². The van der Waals surface area contributed by atoms with Crippen LogP contribution in [0, 0.1) is 6.92 Å². The minimum Gasteiger partial charge on any atom is -0.444 e. The van der Waals surface area contributed by atoms with Gasteiger partial charge in [-0.2, -0.15) is 18.3 Å². The number of carbonyl (C=O) groups excluding carboxylic acids is 2. The summed E-state index contributed by atoms with van der Waals surface area (Å²) in [6.45, 7) is 0.322. The van der Waals surface area contributed by atoms with Crippen molar-refractivity contribution in [3.8, 4) is 11.5 Å². The number of alkyl halides is 3. The third-order valence-electron chi connectivity index (χ3n) is 3.46. The Morgan fingerprint density at radius 3 is 2.75 bits per heavy atom. The predicted molar refractivity (Wildman–Crippen MR) is 89.2 cm³/mol. The van der Waals surface area contributed by atoms with Crippen molar-refractivity contribution >= 4 is 17.5 Å². The van der Waals surface area contributed by atoms with Crippen molar-refractivity contribution in [2.24, 2.45) is 5.73 Å². The lowest BCUT2D eigenvalue weighted by Crippen LogP contribution is -2.19. The number of nitrogens with one attached hydrogen (secondary N) is 1. The van der Waals surface area contributed by atoms with Crippen LogP contribution in [0.5, 0.6) is 0 Å². The van der Waals surface area contributed by atoms with Crippen LogP contribution in [0.25, 0.3) is 11.5 Å². The third kappa shape index (κ3) is 4.34. The second-order valence-electron chi connectivity index (χ2n) is 5.75. The molecule has 2 amide bonds. The molecular weight excluding hydrogens is 381 g/mol. The van der Waals surface area contributed by atoms with Gasteiger partial charge in [0.15, 0.2) is 11.4 Å². The molecule has 12 heteroatoms. The zero-order valence-corrected chi connectivity index (χ0v) is 14.3. The summed E-state index contributed by atoms with van der Waals surface area (Å²) in [5.41, 5.74) is 5.48. The topological polar surface area (TPSA) is 129 Å². The van der Waals surface area contributed by atoms with E-state index in [1.54, 1.807) is 25.3 Å². The van der Waals surface area contributed by atoms with Crippen LogP contribution in [-0.2, 0) is 6.54 Å². The average molecular weight is 394 g/mol. The first kappa shape index (κ1) is 19.1.